The molecule has 1 fully saturated rings. The van der Waals surface area contributed by atoms with Crippen molar-refractivity contribution in [3.05, 3.63) is 35.6 Å². The highest BCUT2D eigenvalue weighted by molar-refractivity contribution is 5.65. The van der Waals surface area contributed by atoms with Crippen molar-refractivity contribution in [1.29, 1.82) is 0 Å². The van der Waals surface area contributed by atoms with Crippen molar-refractivity contribution >= 4 is 6.09 Å². The van der Waals surface area contributed by atoms with Crippen LogP contribution in [0.25, 0.3) is 0 Å². The second-order valence-electron chi connectivity index (χ2n) is 4.58. The lowest BCUT2D eigenvalue weighted by molar-refractivity contribution is -0.00985. The number of ether oxygens (including phenoxy) is 1. The molecule has 98 valence electrons. The third kappa shape index (κ3) is 2.18. The average Bonchev–Trinajstić information content (AvgIpc) is 3.07. The predicted molar refractivity (Wildman–Crippen MR) is 63.2 cm³/mol. The molecule has 0 saturated heterocycles. The highest BCUT2D eigenvalue weighted by Crippen LogP contribution is 2.50. The molecule has 1 aromatic carbocycles. The van der Waals surface area contributed by atoms with E-state index in [-0.39, 0.29) is 11.5 Å². The van der Waals surface area contributed by atoms with Crippen LogP contribution in [0.5, 0.6) is 0 Å². The van der Waals surface area contributed by atoms with Gasteiger partial charge in [0.2, 0.25) is 0 Å². The van der Waals surface area contributed by atoms with E-state index in [9.17, 15) is 14.3 Å². The molecule has 0 heterocycles. The van der Waals surface area contributed by atoms with Crippen molar-refractivity contribution in [2.75, 3.05) is 0 Å². The number of carbonyl (C=O) groups excluding carboxylic acids is 1. The maximum absolute atomic E-state index is 13.8. The van der Waals surface area contributed by atoms with Crippen molar-refractivity contribution in [3.8, 4) is 0 Å². The minimum absolute atomic E-state index is 0.244. The first kappa shape index (κ1) is 12.8. The van der Waals surface area contributed by atoms with Gasteiger partial charge in [0, 0.05) is 11.5 Å². The van der Waals surface area contributed by atoms with E-state index >= 15 is 0 Å². The summed E-state index contributed by atoms with van der Waals surface area (Å²) in [6.07, 6.45) is -0.444. The van der Waals surface area contributed by atoms with Crippen LogP contribution in [0.3, 0.4) is 0 Å². The molecule has 3 N–H and O–H groups in total. The summed E-state index contributed by atoms with van der Waals surface area (Å²) in [4.78, 5) is 10.7. The van der Waals surface area contributed by atoms with Crippen LogP contribution in [0.1, 0.15) is 25.3 Å². The number of carbonyl (C=O) groups is 1. The van der Waals surface area contributed by atoms with E-state index < -0.39 is 23.6 Å². The van der Waals surface area contributed by atoms with Crippen molar-refractivity contribution < 1.29 is 19.0 Å². The molecule has 2 rings (SSSR count). The van der Waals surface area contributed by atoms with Crippen molar-refractivity contribution in [3.63, 3.8) is 0 Å². The Morgan fingerprint density at radius 1 is 1.61 bits per heavy atom. The minimum atomic E-state index is -1.31. The zero-order chi connectivity index (χ0) is 13.3. The average molecular weight is 253 g/mol. The molecule has 5 heteroatoms. The monoisotopic (exact) mass is 253 g/mol. The van der Waals surface area contributed by atoms with E-state index in [4.69, 9.17) is 10.5 Å². The zero-order valence-electron chi connectivity index (χ0n) is 10.1. The number of hydrogen-bond acceptors (Lipinski definition) is 3. The van der Waals surface area contributed by atoms with Gasteiger partial charge in [-0.1, -0.05) is 25.1 Å². The second-order valence-corrected chi connectivity index (χ2v) is 4.58. The van der Waals surface area contributed by atoms with Gasteiger partial charge in [-0.25, -0.2) is 9.18 Å². The molecule has 0 spiro atoms. The Kier molecular flexibility index (Phi) is 3.26. The number of aliphatic hydroxyl groups is 1. The number of benzene rings is 1. The van der Waals surface area contributed by atoms with Gasteiger partial charge >= 0.3 is 6.09 Å². The summed E-state index contributed by atoms with van der Waals surface area (Å²) >= 11 is 0. The summed E-state index contributed by atoms with van der Waals surface area (Å²) in [6.45, 7) is 1.77. The molecule has 1 amide bonds. The van der Waals surface area contributed by atoms with Gasteiger partial charge in [0.15, 0.2) is 0 Å². The molecule has 1 aromatic rings. The molecule has 0 aliphatic heterocycles. The number of primary amides is 1. The Labute approximate surface area is 105 Å². The normalized spacial score (nSPS) is 25.3. The van der Waals surface area contributed by atoms with Gasteiger partial charge in [-0.2, -0.15) is 0 Å². The molecule has 1 unspecified atom stereocenters. The van der Waals surface area contributed by atoms with Gasteiger partial charge in [-0.3, -0.25) is 0 Å². The molecule has 3 atom stereocenters. The lowest BCUT2D eigenvalue weighted by Crippen LogP contribution is -2.31. The van der Waals surface area contributed by atoms with Crippen molar-refractivity contribution in [1.82, 2.24) is 0 Å². The SMILES string of the molecule is CC[C@@](O)(c1ccccc1F)[C@H]1CC1OC(N)=O. The molecule has 1 aliphatic carbocycles. The Bertz CT molecular complexity index is 465. The summed E-state index contributed by atoms with van der Waals surface area (Å²) in [5.41, 5.74) is 3.86. The van der Waals surface area contributed by atoms with Crippen LogP contribution in [-0.4, -0.2) is 17.3 Å². The lowest BCUT2D eigenvalue weighted by Gasteiger charge is -2.28. The van der Waals surface area contributed by atoms with Crippen molar-refractivity contribution in [2.45, 2.75) is 31.5 Å². The molecular formula is C13H16FNO3. The van der Waals surface area contributed by atoms with Crippen LogP contribution < -0.4 is 5.73 Å². The molecule has 0 bridgehead atoms. The molecule has 1 saturated carbocycles. The van der Waals surface area contributed by atoms with Crippen LogP contribution in [0.2, 0.25) is 0 Å². The van der Waals surface area contributed by atoms with E-state index in [0.717, 1.165) is 0 Å². The number of hydrogen-bond donors (Lipinski definition) is 2. The first-order chi connectivity index (χ1) is 8.49. The highest BCUT2D eigenvalue weighted by Gasteiger charge is 2.55. The van der Waals surface area contributed by atoms with Gasteiger partial charge in [0.05, 0.1) is 5.60 Å². The number of rotatable bonds is 4. The lowest BCUT2D eigenvalue weighted by atomic mass is 9.86. The Morgan fingerprint density at radius 3 is 2.83 bits per heavy atom. The predicted octanol–water partition coefficient (Wildman–Crippen LogP) is 1.91. The van der Waals surface area contributed by atoms with Crippen LogP contribution in [0.4, 0.5) is 9.18 Å². The summed E-state index contributed by atoms with van der Waals surface area (Å²) in [5.74, 6) is -0.751. The van der Waals surface area contributed by atoms with Crippen molar-refractivity contribution in [2.24, 2.45) is 11.7 Å². The van der Waals surface area contributed by atoms with Crippen LogP contribution in [-0.2, 0) is 10.3 Å². The van der Waals surface area contributed by atoms with Crippen LogP contribution >= 0.6 is 0 Å². The standard InChI is InChI=1S/C13H16FNO3/c1-2-13(17,8-5-3-4-6-10(8)14)9-7-11(9)18-12(15)16/h3-6,9,11,17H,2,7H2,1H3,(H2,15,16)/t9-,11?,13+/m0/s1. The van der Waals surface area contributed by atoms with E-state index in [1.165, 1.54) is 6.07 Å². The molecule has 1 aliphatic rings. The quantitative estimate of drug-likeness (QED) is 0.860. The van der Waals surface area contributed by atoms with Gasteiger partial charge in [-0.05, 0) is 18.9 Å². The summed E-state index contributed by atoms with van der Waals surface area (Å²) in [5, 5.41) is 10.6. The van der Waals surface area contributed by atoms with E-state index in [2.05, 4.69) is 0 Å². The Balaban J connectivity index is 2.23. The molecular weight excluding hydrogens is 237 g/mol. The topological polar surface area (TPSA) is 72.6 Å². The summed E-state index contributed by atoms with van der Waals surface area (Å²) < 4.78 is 18.6. The minimum Gasteiger partial charge on any atom is -0.446 e. The Morgan fingerprint density at radius 2 is 2.28 bits per heavy atom. The highest BCUT2D eigenvalue weighted by atomic mass is 19.1. The third-order valence-electron chi connectivity index (χ3n) is 3.49. The summed E-state index contributed by atoms with van der Waals surface area (Å²) in [7, 11) is 0. The smallest absolute Gasteiger partial charge is 0.404 e. The summed E-state index contributed by atoms with van der Waals surface area (Å²) in [6, 6.07) is 6.10. The molecule has 4 nitrogen and oxygen atoms in total. The van der Waals surface area contributed by atoms with Crippen LogP contribution in [0.15, 0.2) is 24.3 Å². The number of halogens is 1. The van der Waals surface area contributed by atoms with Gasteiger partial charge in [0.25, 0.3) is 0 Å². The van der Waals surface area contributed by atoms with Crippen LogP contribution in [0, 0.1) is 11.7 Å². The maximum atomic E-state index is 13.8. The number of amides is 1. The Hall–Kier alpha value is -1.62. The van der Waals surface area contributed by atoms with E-state index in [1.807, 2.05) is 0 Å². The van der Waals surface area contributed by atoms with E-state index in [1.54, 1.807) is 25.1 Å². The fourth-order valence-electron chi connectivity index (χ4n) is 2.42. The molecule has 0 aromatic heterocycles. The maximum Gasteiger partial charge on any atom is 0.404 e. The fourth-order valence-corrected chi connectivity index (χ4v) is 2.42. The molecule has 18 heavy (non-hydrogen) atoms. The fraction of sp³-hybridized carbons (Fsp3) is 0.462. The third-order valence-corrected chi connectivity index (χ3v) is 3.49. The molecule has 0 radical (unpaired) electrons. The number of nitrogens with two attached hydrogens (primary N) is 1. The second kappa shape index (κ2) is 4.57. The van der Waals surface area contributed by atoms with E-state index in [0.29, 0.717) is 12.8 Å². The van der Waals surface area contributed by atoms with Gasteiger partial charge in [-0.15, -0.1) is 0 Å². The van der Waals surface area contributed by atoms with Gasteiger partial charge in [0.1, 0.15) is 11.9 Å². The zero-order valence-corrected chi connectivity index (χ0v) is 10.1. The first-order valence-corrected chi connectivity index (χ1v) is 5.92. The first-order valence-electron chi connectivity index (χ1n) is 5.92. The van der Waals surface area contributed by atoms with Gasteiger partial charge < -0.3 is 15.6 Å². The largest absolute Gasteiger partial charge is 0.446 e.